The van der Waals surface area contributed by atoms with Crippen LogP contribution in [0.4, 0.5) is 0 Å². The molecule has 0 radical (unpaired) electrons. The second kappa shape index (κ2) is 7.02. The summed E-state index contributed by atoms with van der Waals surface area (Å²) in [6, 6.07) is 18.9. The number of carbonyl (C=O) groups is 1. The monoisotopic (exact) mass is 326 g/mol. The van der Waals surface area contributed by atoms with Crippen molar-refractivity contribution in [1.29, 1.82) is 5.26 Å². The van der Waals surface area contributed by atoms with Crippen LogP contribution in [0.3, 0.4) is 0 Å². The van der Waals surface area contributed by atoms with Gasteiger partial charge in [0.25, 0.3) is 0 Å². The number of nitriles is 1. The maximum Gasteiger partial charge on any atom is 0.203 e. The summed E-state index contributed by atoms with van der Waals surface area (Å²) in [4.78, 5) is 12.6. The van der Waals surface area contributed by atoms with Gasteiger partial charge in [0.1, 0.15) is 11.6 Å². The Morgan fingerprint density at radius 2 is 1.84 bits per heavy atom. The average Bonchev–Trinajstić information content (AvgIpc) is 2.92. The Morgan fingerprint density at radius 3 is 2.52 bits per heavy atom. The summed E-state index contributed by atoms with van der Waals surface area (Å²) >= 11 is 0. The van der Waals surface area contributed by atoms with Crippen molar-refractivity contribution in [2.75, 3.05) is 0 Å². The number of ketones is 1. The van der Waals surface area contributed by atoms with Gasteiger partial charge in [-0.1, -0.05) is 54.6 Å². The van der Waals surface area contributed by atoms with E-state index in [9.17, 15) is 10.1 Å². The van der Waals surface area contributed by atoms with E-state index in [1.807, 2.05) is 43.3 Å². The van der Waals surface area contributed by atoms with E-state index in [2.05, 4.69) is 17.2 Å². The maximum atomic E-state index is 12.6. The molecule has 0 aliphatic rings. The van der Waals surface area contributed by atoms with Gasteiger partial charge in [0, 0.05) is 34.3 Å². The van der Waals surface area contributed by atoms with Gasteiger partial charge in [-0.2, -0.15) is 5.26 Å². The summed E-state index contributed by atoms with van der Waals surface area (Å²) in [7, 11) is 0. The number of nitrogens with zero attached hydrogens (tertiary/aromatic N) is 2. The molecule has 0 aliphatic carbocycles. The second-order valence-corrected chi connectivity index (χ2v) is 5.78. The van der Waals surface area contributed by atoms with Crippen LogP contribution in [0, 0.1) is 18.3 Å². The van der Waals surface area contributed by atoms with Crippen molar-refractivity contribution in [2.45, 2.75) is 13.5 Å². The van der Waals surface area contributed by atoms with Gasteiger partial charge in [0.05, 0.1) is 0 Å². The molecule has 0 N–H and O–H groups in total. The Morgan fingerprint density at radius 1 is 1.16 bits per heavy atom. The van der Waals surface area contributed by atoms with Gasteiger partial charge >= 0.3 is 0 Å². The first-order chi connectivity index (χ1) is 12.2. The molecule has 0 amide bonds. The summed E-state index contributed by atoms with van der Waals surface area (Å²) < 4.78 is 2.14. The lowest BCUT2D eigenvalue weighted by Gasteiger charge is -2.04. The topological polar surface area (TPSA) is 45.8 Å². The fourth-order valence-corrected chi connectivity index (χ4v) is 3.04. The first-order valence-electron chi connectivity index (χ1n) is 8.07. The third-order valence-electron chi connectivity index (χ3n) is 4.28. The van der Waals surface area contributed by atoms with Gasteiger partial charge in [-0.3, -0.25) is 4.79 Å². The number of allylic oxidation sites excluding steroid dienone is 2. The van der Waals surface area contributed by atoms with Crippen molar-refractivity contribution in [1.82, 2.24) is 4.57 Å². The van der Waals surface area contributed by atoms with Gasteiger partial charge < -0.3 is 4.57 Å². The normalized spacial score (nSPS) is 11.3. The van der Waals surface area contributed by atoms with E-state index in [4.69, 9.17) is 0 Å². The molecule has 2 aromatic carbocycles. The van der Waals surface area contributed by atoms with Crippen molar-refractivity contribution in [3.63, 3.8) is 0 Å². The number of para-hydroxylation sites is 1. The molecule has 1 aromatic heterocycles. The van der Waals surface area contributed by atoms with Gasteiger partial charge in [-0.05, 0) is 19.1 Å². The lowest BCUT2D eigenvalue weighted by Crippen LogP contribution is -2.02. The smallest absolute Gasteiger partial charge is 0.203 e. The fourth-order valence-electron chi connectivity index (χ4n) is 3.04. The van der Waals surface area contributed by atoms with E-state index in [-0.39, 0.29) is 11.4 Å². The Balaban J connectivity index is 2.17. The number of fused-ring (bicyclic) bond motifs is 1. The Kier molecular flexibility index (Phi) is 4.63. The highest BCUT2D eigenvalue weighted by Gasteiger charge is 2.16. The number of carbonyl (C=O) groups excluding carboxylic acids is 1. The zero-order valence-corrected chi connectivity index (χ0v) is 14.1. The lowest BCUT2D eigenvalue weighted by atomic mass is 10.0. The average molecular weight is 326 g/mol. The van der Waals surface area contributed by atoms with Crippen molar-refractivity contribution >= 4 is 22.8 Å². The molecule has 25 heavy (non-hydrogen) atoms. The van der Waals surface area contributed by atoms with E-state index in [1.165, 1.54) is 0 Å². The zero-order valence-electron chi connectivity index (χ0n) is 14.1. The number of benzene rings is 2. The van der Waals surface area contributed by atoms with E-state index in [0.717, 1.165) is 22.2 Å². The summed E-state index contributed by atoms with van der Waals surface area (Å²) in [5.74, 6) is -0.261. The number of hydrogen-bond donors (Lipinski definition) is 0. The molecular formula is C22H18N2O. The molecule has 0 spiro atoms. The van der Waals surface area contributed by atoms with Crippen LogP contribution in [0.5, 0.6) is 0 Å². The Labute approximate surface area is 147 Å². The highest BCUT2D eigenvalue weighted by atomic mass is 16.1. The molecule has 1 heterocycles. The van der Waals surface area contributed by atoms with Crippen LogP contribution >= 0.6 is 0 Å². The summed E-state index contributed by atoms with van der Waals surface area (Å²) in [5.41, 5.74) is 3.63. The highest BCUT2D eigenvalue weighted by molar-refractivity contribution is 6.15. The molecule has 3 rings (SSSR count). The maximum absolute atomic E-state index is 12.6. The summed E-state index contributed by atoms with van der Waals surface area (Å²) in [6.07, 6.45) is 3.54. The van der Waals surface area contributed by atoms with Crippen LogP contribution in [-0.4, -0.2) is 10.4 Å². The van der Waals surface area contributed by atoms with Crippen molar-refractivity contribution in [2.24, 2.45) is 0 Å². The van der Waals surface area contributed by atoms with E-state index < -0.39 is 0 Å². The largest absolute Gasteiger partial charge is 0.340 e. The molecule has 122 valence electrons. The van der Waals surface area contributed by atoms with Crippen LogP contribution in [-0.2, 0) is 6.54 Å². The van der Waals surface area contributed by atoms with E-state index in [0.29, 0.717) is 12.1 Å². The quantitative estimate of drug-likeness (QED) is 0.289. The molecule has 0 saturated carbocycles. The van der Waals surface area contributed by atoms with Crippen LogP contribution < -0.4 is 0 Å². The number of hydrogen-bond acceptors (Lipinski definition) is 2. The molecule has 0 atom stereocenters. The minimum Gasteiger partial charge on any atom is -0.340 e. The predicted molar refractivity (Wildman–Crippen MR) is 101 cm³/mol. The predicted octanol–water partition coefficient (Wildman–Crippen LogP) is 4.93. The molecule has 3 heteroatoms. The van der Waals surface area contributed by atoms with Gasteiger partial charge in [-0.15, -0.1) is 6.58 Å². The molecule has 0 saturated heterocycles. The van der Waals surface area contributed by atoms with Crippen LogP contribution in [0.25, 0.3) is 17.0 Å². The number of Topliss-reactive ketones (excluding diaryl/α,β-unsaturated/α-hetero) is 1. The van der Waals surface area contributed by atoms with Crippen molar-refractivity contribution in [3.8, 4) is 6.07 Å². The van der Waals surface area contributed by atoms with Gasteiger partial charge in [-0.25, -0.2) is 0 Å². The van der Waals surface area contributed by atoms with Crippen LogP contribution in [0.15, 0.2) is 72.8 Å². The van der Waals surface area contributed by atoms with E-state index in [1.54, 1.807) is 30.3 Å². The first-order valence-corrected chi connectivity index (χ1v) is 8.07. The number of rotatable bonds is 5. The molecule has 3 nitrogen and oxygen atoms in total. The standard InChI is InChI=1S/C22H18N2O/c1-3-13-24-16(2)20(19-11-7-8-12-21(19)24)14-18(15-23)22(25)17-9-5-4-6-10-17/h3-12,14H,1,13H2,2H3/b18-14+. The first kappa shape index (κ1) is 16.5. The Bertz CT molecular complexity index is 1020. The molecule has 0 bridgehead atoms. The summed E-state index contributed by atoms with van der Waals surface area (Å²) in [5, 5.41) is 10.6. The van der Waals surface area contributed by atoms with Crippen molar-refractivity contribution < 1.29 is 4.79 Å². The van der Waals surface area contributed by atoms with Gasteiger partial charge in [0.2, 0.25) is 5.78 Å². The third kappa shape index (κ3) is 3.02. The molecule has 3 aromatic rings. The molecule has 0 unspecified atom stereocenters. The number of aromatic nitrogens is 1. The minimum absolute atomic E-state index is 0.135. The lowest BCUT2D eigenvalue weighted by molar-refractivity contribution is 0.104. The highest BCUT2D eigenvalue weighted by Crippen LogP contribution is 2.28. The fraction of sp³-hybridized carbons (Fsp3) is 0.0909. The third-order valence-corrected chi connectivity index (χ3v) is 4.28. The molecule has 0 aliphatic heterocycles. The van der Waals surface area contributed by atoms with Gasteiger partial charge in [0.15, 0.2) is 0 Å². The second-order valence-electron chi connectivity index (χ2n) is 5.78. The van der Waals surface area contributed by atoms with Crippen molar-refractivity contribution in [3.05, 3.63) is 89.6 Å². The van der Waals surface area contributed by atoms with Crippen LogP contribution in [0.2, 0.25) is 0 Å². The Hall–Kier alpha value is -3.38. The van der Waals surface area contributed by atoms with Crippen LogP contribution in [0.1, 0.15) is 21.6 Å². The zero-order chi connectivity index (χ0) is 17.8. The SMILES string of the molecule is C=CCn1c(C)c(/C=C(\C#N)C(=O)c2ccccc2)c2ccccc21. The molecule has 0 fully saturated rings. The minimum atomic E-state index is -0.261. The van der Waals surface area contributed by atoms with E-state index >= 15 is 0 Å². The summed E-state index contributed by atoms with van der Waals surface area (Å²) in [6.45, 7) is 6.49. The molecular weight excluding hydrogens is 308 g/mol.